The van der Waals surface area contributed by atoms with E-state index in [-0.39, 0.29) is 11.9 Å². The van der Waals surface area contributed by atoms with E-state index in [0.29, 0.717) is 25.0 Å². The number of rotatable bonds is 5. The molecule has 0 amide bonds. The lowest BCUT2D eigenvalue weighted by molar-refractivity contribution is -0.109. The van der Waals surface area contributed by atoms with Crippen molar-refractivity contribution in [3.05, 3.63) is 35.5 Å². The van der Waals surface area contributed by atoms with E-state index >= 15 is 0 Å². The van der Waals surface area contributed by atoms with E-state index in [0.717, 1.165) is 21.1 Å². The van der Waals surface area contributed by atoms with E-state index < -0.39 is 6.17 Å². The van der Waals surface area contributed by atoms with Crippen LogP contribution in [0.2, 0.25) is 0 Å². The Kier molecular flexibility index (Phi) is 6.64. The average molecular weight is 364 g/mol. The summed E-state index contributed by atoms with van der Waals surface area (Å²) >= 11 is 1.45. The zero-order valence-electron chi connectivity index (χ0n) is 14.4. The van der Waals surface area contributed by atoms with E-state index in [4.69, 9.17) is 4.74 Å². The molecule has 25 heavy (non-hydrogen) atoms. The normalized spacial score (nSPS) is 17.9. The molecule has 0 radical (unpaired) electrons. The Morgan fingerprint density at radius 1 is 1.52 bits per heavy atom. The van der Waals surface area contributed by atoms with Crippen molar-refractivity contribution in [2.24, 2.45) is 5.92 Å². The van der Waals surface area contributed by atoms with Crippen molar-refractivity contribution in [2.45, 2.75) is 26.4 Å². The number of alkyl halides is 1. The number of nitrogens with zero attached hydrogens (tertiary/aromatic N) is 1. The second-order valence-corrected chi connectivity index (χ2v) is 6.59. The van der Waals surface area contributed by atoms with Gasteiger partial charge in [0.15, 0.2) is 5.69 Å². The SMILES string of the molecule is CCOC(=O)c1nc(-c2cccc(C)c2)sc1NC.O=CC1CC1F. The van der Waals surface area contributed by atoms with Crippen LogP contribution < -0.4 is 5.32 Å². The first-order valence-corrected chi connectivity index (χ1v) is 8.83. The highest BCUT2D eigenvalue weighted by Crippen LogP contribution is 2.32. The van der Waals surface area contributed by atoms with Crippen LogP contribution in [0, 0.1) is 12.8 Å². The summed E-state index contributed by atoms with van der Waals surface area (Å²) in [7, 11) is 1.77. The van der Waals surface area contributed by atoms with Gasteiger partial charge in [0.05, 0.1) is 6.61 Å². The molecule has 1 aliphatic carbocycles. The molecule has 0 spiro atoms. The van der Waals surface area contributed by atoms with Crippen molar-refractivity contribution < 1.29 is 18.7 Å². The van der Waals surface area contributed by atoms with Gasteiger partial charge in [-0.25, -0.2) is 14.2 Å². The molecule has 1 fully saturated rings. The molecule has 0 saturated heterocycles. The molecule has 134 valence electrons. The summed E-state index contributed by atoms with van der Waals surface area (Å²) in [6, 6.07) is 8.05. The van der Waals surface area contributed by atoms with Gasteiger partial charge in [0.2, 0.25) is 0 Å². The molecule has 1 aliphatic rings. The Morgan fingerprint density at radius 2 is 2.24 bits per heavy atom. The molecule has 1 N–H and O–H groups in total. The monoisotopic (exact) mass is 364 g/mol. The number of aryl methyl sites for hydroxylation is 1. The smallest absolute Gasteiger partial charge is 0.360 e. The number of esters is 1. The minimum absolute atomic E-state index is 0.245. The Bertz CT molecular complexity index is 748. The molecular weight excluding hydrogens is 343 g/mol. The fourth-order valence-electron chi connectivity index (χ4n) is 2.05. The number of carbonyl (C=O) groups is 2. The van der Waals surface area contributed by atoms with Gasteiger partial charge in [0, 0.05) is 18.5 Å². The predicted molar refractivity (Wildman–Crippen MR) is 96.9 cm³/mol. The highest BCUT2D eigenvalue weighted by Gasteiger charge is 2.36. The molecule has 0 bridgehead atoms. The van der Waals surface area contributed by atoms with Crippen molar-refractivity contribution in [3.8, 4) is 10.6 Å². The number of aromatic nitrogens is 1. The molecular formula is C18H21FN2O3S. The summed E-state index contributed by atoms with van der Waals surface area (Å²) in [6.45, 7) is 4.16. The zero-order chi connectivity index (χ0) is 18.4. The summed E-state index contributed by atoms with van der Waals surface area (Å²) in [5.74, 6) is -0.632. The van der Waals surface area contributed by atoms with Crippen molar-refractivity contribution in [2.75, 3.05) is 19.0 Å². The number of halogens is 1. The number of hydrogen-bond acceptors (Lipinski definition) is 6. The zero-order valence-corrected chi connectivity index (χ0v) is 15.2. The maximum atomic E-state index is 11.8. The number of ether oxygens (including phenoxy) is 1. The number of nitrogens with one attached hydrogen (secondary N) is 1. The largest absolute Gasteiger partial charge is 0.461 e. The van der Waals surface area contributed by atoms with Gasteiger partial charge in [-0.3, -0.25) is 0 Å². The van der Waals surface area contributed by atoms with E-state index in [1.165, 1.54) is 11.3 Å². The average Bonchev–Trinajstić information content (AvgIpc) is 3.16. The molecule has 1 aromatic carbocycles. The van der Waals surface area contributed by atoms with Crippen molar-refractivity contribution in [1.29, 1.82) is 0 Å². The molecule has 2 aromatic rings. The predicted octanol–water partition coefficient (Wildman–Crippen LogP) is 3.88. The van der Waals surface area contributed by atoms with Crippen molar-refractivity contribution >= 4 is 28.6 Å². The molecule has 2 atom stereocenters. The molecule has 7 heteroatoms. The van der Waals surface area contributed by atoms with Gasteiger partial charge in [0.1, 0.15) is 22.5 Å². The van der Waals surface area contributed by atoms with Gasteiger partial charge in [-0.2, -0.15) is 0 Å². The van der Waals surface area contributed by atoms with E-state index in [1.54, 1.807) is 14.0 Å². The fourth-order valence-corrected chi connectivity index (χ4v) is 2.95. The molecule has 5 nitrogen and oxygen atoms in total. The van der Waals surface area contributed by atoms with Crippen LogP contribution in [0.25, 0.3) is 10.6 Å². The van der Waals surface area contributed by atoms with Crippen molar-refractivity contribution in [1.82, 2.24) is 4.98 Å². The highest BCUT2D eigenvalue weighted by molar-refractivity contribution is 7.19. The van der Waals surface area contributed by atoms with Crippen LogP contribution in [-0.4, -0.2) is 37.1 Å². The number of anilines is 1. The molecule has 1 aromatic heterocycles. The maximum absolute atomic E-state index is 11.8. The third kappa shape index (κ3) is 5.09. The maximum Gasteiger partial charge on any atom is 0.360 e. The van der Waals surface area contributed by atoms with Gasteiger partial charge in [-0.15, -0.1) is 0 Å². The first-order chi connectivity index (χ1) is 12.0. The number of hydrogen-bond donors (Lipinski definition) is 1. The van der Waals surface area contributed by atoms with E-state index in [1.807, 2.05) is 31.2 Å². The summed E-state index contributed by atoms with van der Waals surface area (Å²) in [6.07, 6.45) is 0.330. The number of carbonyl (C=O) groups excluding carboxylic acids is 2. The second kappa shape index (κ2) is 8.71. The van der Waals surface area contributed by atoms with Crippen LogP contribution in [0.1, 0.15) is 29.4 Å². The summed E-state index contributed by atoms with van der Waals surface area (Å²) in [5.41, 5.74) is 2.53. The van der Waals surface area contributed by atoms with Gasteiger partial charge in [0.25, 0.3) is 0 Å². The minimum atomic E-state index is -0.803. The fraction of sp³-hybridized carbons (Fsp3) is 0.389. The number of aldehydes is 1. The van der Waals surface area contributed by atoms with Gasteiger partial charge in [-0.05, 0) is 26.3 Å². The molecule has 2 unspecified atom stereocenters. The first kappa shape index (κ1) is 19.1. The molecule has 3 rings (SSSR count). The lowest BCUT2D eigenvalue weighted by Crippen LogP contribution is -2.07. The molecule has 0 aliphatic heterocycles. The number of benzene rings is 1. The Balaban J connectivity index is 0.000000316. The van der Waals surface area contributed by atoms with Gasteiger partial charge < -0.3 is 14.8 Å². The first-order valence-electron chi connectivity index (χ1n) is 8.02. The second-order valence-electron chi connectivity index (χ2n) is 5.59. The summed E-state index contributed by atoms with van der Waals surface area (Å²) in [4.78, 5) is 25.7. The topological polar surface area (TPSA) is 68.3 Å². The standard InChI is InChI=1S/C14H16N2O2S.C4H5FO/c1-4-18-14(17)11-13(15-3)19-12(16-11)10-7-5-6-9(2)8-10;5-4-1-3(4)2-6/h5-8,15H,4H2,1-3H3;2-4H,1H2. The summed E-state index contributed by atoms with van der Waals surface area (Å²) in [5, 5.41) is 4.54. The third-order valence-electron chi connectivity index (χ3n) is 3.52. The van der Waals surface area contributed by atoms with E-state index in [9.17, 15) is 14.0 Å². The van der Waals surface area contributed by atoms with Crippen LogP contribution in [0.3, 0.4) is 0 Å². The lowest BCUT2D eigenvalue weighted by atomic mass is 10.1. The van der Waals surface area contributed by atoms with Crippen molar-refractivity contribution in [3.63, 3.8) is 0 Å². The van der Waals surface area contributed by atoms with Gasteiger partial charge >= 0.3 is 5.97 Å². The minimum Gasteiger partial charge on any atom is -0.461 e. The van der Waals surface area contributed by atoms with Gasteiger partial charge in [-0.1, -0.05) is 35.1 Å². The van der Waals surface area contributed by atoms with E-state index in [2.05, 4.69) is 10.3 Å². The van der Waals surface area contributed by atoms with Crippen LogP contribution in [-0.2, 0) is 9.53 Å². The quantitative estimate of drug-likeness (QED) is 0.644. The van der Waals surface area contributed by atoms with Crippen LogP contribution in [0.5, 0.6) is 0 Å². The highest BCUT2D eigenvalue weighted by atomic mass is 32.1. The summed E-state index contributed by atoms with van der Waals surface area (Å²) < 4.78 is 16.6. The van der Waals surface area contributed by atoms with Crippen LogP contribution >= 0.6 is 11.3 Å². The molecule has 1 heterocycles. The Labute approximate surface area is 150 Å². The third-order valence-corrected chi connectivity index (χ3v) is 4.64. The Morgan fingerprint density at radius 3 is 2.72 bits per heavy atom. The van der Waals surface area contributed by atoms with Crippen LogP contribution in [0.4, 0.5) is 9.39 Å². The lowest BCUT2D eigenvalue weighted by Gasteiger charge is -2.00. The number of thiazole rings is 1. The molecule has 1 saturated carbocycles. The van der Waals surface area contributed by atoms with Crippen LogP contribution in [0.15, 0.2) is 24.3 Å². The Hall–Kier alpha value is -2.28.